The van der Waals surface area contributed by atoms with Crippen LogP contribution in [0.15, 0.2) is 24.3 Å². The van der Waals surface area contributed by atoms with Crippen molar-refractivity contribution in [3.8, 4) is 0 Å². The predicted octanol–water partition coefficient (Wildman–Crippen LogP) is 4.33. The first-order valence-electron chi connectivity index (χ1n) is 11.0. The van der Waals surface area contributed by atoms with E-state index in [4.69, 9.17) is 0 Å². The quantitative estimate of drug-likeness (QED) is 0.667. The van der Waals surface area contributed by atoms with Crippen molar-refractivity contribution in [2.24, 2.45) is 0 Å². The van der Waals surface area contributed by atoms with Crippen molar-refractivity contribution in [2.45, 2.75) is 46.2 Å². The Morgan fingerprint density at radius 1 is 1.12 bits per heavy atom. The fourth-order valence-corrected chi connectivity index (χ4v) is 3.85. The molecule has 0 aliphatic carbocycles. The number of urea groups is 1. The summed E-state index contributed by atoms with van der Waals surface area (Å²) in [6, 6.07) is 5.32. The van der Waals surface area contributed by atoms with E-state index >= 15 is 0 Å². The van der Waals surface area contributed by atoms with E-state index in [1.165, 1.54) is 12.1 Å². The van der Waals surface area contributed by atoms with Gasteiger partial charge in [0.1, 0.15) is 11.6 Å². The van der Waals surface area contributed by atoms with Crippen LogP contribution < -0.4 is 10.2 Å². The number of rotatable bonds is 6. The maximum absolute atomic E-state index is 13.1. The monoisotopic (exact) mass is 449 g/mol. The van der Waals surface area contributed by atoms with E-state index in [9.17, 15) is 18.0 Å². The number of unbranched alkanes of at least 4 members (excludes halogenated alkanes) is 1. The Hall–Kier alpha value is -2.84. The van der Waals surface area contributed by atoms with E-state index in [1.54, 1.807) is 11.0 Å². The fraction of sp³-hybridized carbons (Fsp3) is 0.522. The lowest BCUT2D eigenvalue weighted by molar-refractivity contribution is -0.137. The number of aryl methyl sites for hydroxylation is 2. The summed E-state index contributed by atoms with van der Waals surface area (Å²) < 4.78 is 39.4. The molecule has 2 heterocycles. The van der Waals surface area contributed by atoms with E-state index in [0.717, 1.165) is 36.0 Å². The molecule has 1 aliphatic heterocycles. The molecule has 2 aromatic rings. The topological polar surface area (TPSA) is 61.4 Å². The molecule has 1 aromatic heterocycles. The highest BCUT2D eigenvalue weighted by Crippen LogP contribution is 2.31. The van der Waals surface area contributed by atoms with Gasteiger partial charge in [-0.1, -0.05) is 31.5 Å². The lowest BCUT2D eigenvalue weighted by Gasteiger charge is -2.36. The molecule has 0 unspecified atom stereocenters. The Kier molecular flexibility index (Phi) is 7.58. The van der Waals surface area contributed by atoms with Crippen LogP contribution in [0.2, 0.25) is 0 Å². The summed E-state index contributed by atoms with van der Waals surface area (Å²) in [6.07, 6.45) is -2.10. The minimum absolute atomic E-state index is 0.0580. The number of carbonyl (C=O) groups excluding carboxylic acids is 1. The third kappa shape index (κ3) is 5.89. The smallest absolute Gasteiger partial charge is 0.353 e. The van der Waals surface area contributed by atoms with Gasteiger partial charge in [0.05, 0.1) is 5.56 Å². The second kappa shape index (κ2) is 10.2. The zero-order valence-electron chi connectivity index (χ0n) is 18.8. The predicted molar refractivity (Wildman–Crippen MR) is 118 cm³/mol. The highest BCUT2D eigenvalue weighted by Gasteiger charge is 2.30. The largest absolute Gasteiger partial charge is 0.416 e. The first-order chi connectivity index (χ1) is 15.2. The maximum Gasteiger partial charge on any atom is 0.416 e. The number of nitrogens with one attached hydrogen (secondary N) is 1. The molecule has 1 aromatic carbocycles. The van der Waals surface area contributed by atoms with Crippen molar-refractivity contribution < 1.29 is 18.0 Å². The molecule has 3 rings (SSSR count). The minimum atomic E-state index is -4.38. The molecule has 0 bridgehead atoms. The highest BCUT2D eigenvalue weighted by atomic mass is 19.4. The standard InChI is InChI=1S/C23H30F3N5O/c1-4-5-9-27-22(32)31-12-10-30(11-13-31)21-20(16(2)28-17(3)29-21)15-18-7-6-8-19(14-18)23(24,25)26/h6-8,14H,4-5,9-13,15H2,1-3H3,(H,27,32). The molecular weight excluding hydrogens is 419 g/mol. The molecule has 9 heteroatoms. The fourth-order valence-electron chi connectivity index (χ4n) is 3.85. The van der Waals surface area contributed by atoms with Gasteiger partial charge in [0, 0.05) is 50.4 Å². The van der Waals surface area contributed by atoms with Crippen molar-refractivity contribution in [1.29, 1.82) is 0 Å². The number of alkyl halides is 3. The van der Waals surface area contributed by atoms with Crippen LogP contribution in [0.25, 0.3) is 0 Å². The average molecular weight is 450 g/mol. The third-order valence-electron chi connectivity index (χ3n) is 5.61. The number of piperazine rings is 1. The van der Waals surface area contributed by atoms with Gasteiger partial charge >= 0.3 is 12.2 Å². The molecule has 1 saturated heterocycles. The van der Waals surface area contributed by atoms with Gasteiger partial charge in [0.25, 0.3) is 0 Å². The van der Waals surface area contributed by atoms with Gasteiger partial charge in [0.15, 0.2) is 0 Å². The average Bonchev–Trinajstić information content (AvgIpc) is 2.75. The molecule has 0 spiro atoms. The van der Waals surface area contributed by atoms with Gasteiger partial charge in [0.2, 0.25) is 0 Å². The molecular formula is C23H30F3N5O. The molecule has 1 N–H and O–H groups in total. The number of hydrogen-bond acceptors (Lipinski definition) is 4. The normalized spacial score (nSPS) is 14.6. The van der Waals surface area contributed by atoms with Crippen molar-refractivity contribution >= 4 is 11.8 Å². The molecule has 32 heavy (non-hydrogen) atoms. The van der Waals surface area contributed by atoms with E-state index < -0.39 is 11.7 Å². The summed E-state index contributed by atoms with van der Waals surface area (Å²) >= 11 is 0. The van der Waals surface area contributed by atoms with Gasteiger partial charge < -0.3 is 15.1 Å². The number of carbonyl (C=O) groups is 1. The van der Waals surface area contributed by atoms with Gasteiger partial charge in [-0.15, -0.1) is 0 Å². The molecule has 1 aliphatic rings. The number of aromatic nitrogens is 2. The van der Waals surface area contributed by atoms with E-state index in [-0.39, 0.29) is 6.03 Å². The van der Waals surface area contributed by atoms with Crippen molar-refractivity contribution in [1.82, 2.24) is 20.2 Å². The number of amides is 2. The van der Waals surface area contributed by atoms with Crippen molar-refractivity contribution in [3.63, 3.8) is 0 Å². The van der Waals surface area contributed by atoms with Gasteiger partial charge in [-0.05, 0) is 31.9 Å². The SMILES string of the molecule is CCCCNC(=O)N1CCN(c2nc(C)nc(C)c2Cc2cccc(C(F)(F)F)c2)CC1. The third-order valence-corrected chi connectivity index (χ3v) is 5.61. The summed E-state index contributed by atoms with van der Waals surface area (Å²) in [4.78, 5) is 25.3. The van der Waals surface area contributed by atoms with Gasteiger partial charge in [-0.25, -0.2) is 14.8 Å². The Morgan fingerprint density at radius 3 is 2.50 bits per heavy atom. The van der Waals surface area contributed by atoms with Crippen molar-refractivity contribution in [3.05, 3.63) is 52.5 Å². The zero-order chi connectivity index (χ0) is 23.3. The number of nitrogens with zero attached hydrogens (tertiary/aromatic N) is 4. The van der Waals surface area contributed by atoms with Crippen LogP contribution in [0.4, 0.5) is 23.8 Å². The van der Waals surface area contributed by atoms with Crippen molar-refractivity contribution in [2.75, 3.05) is 37.6 Å². The molecule has 2 amide bonds. The second-order valence-corrected chi connectivity index (χ2v) is 8.09. The number of anilines is 1. The summed E-state index contributed by atoms with van der Waals surface area (Å²) in [5.74, 6) is 1.35. The number of benzene rings is 1. The summed E-state index contributed by atoms with van der Waals surface area (Å²) in [5, 5.41) is 2.94. The lowest BCUT2D eigenvalue weighted by atomic mass is 10.0. The summed E-state index contributed by atoms with van der Waals surface area (Å²) in [7, 11) is 0. The number of halogens is 3. The van der Waals surface area contributed by atoms with Crippen LogP contribution in [-0.2, 0) is 12.6 Å². The molecule has 0 radical (unpaired) electrons. The highest BCUT2D eigenvalue weighted by molar-refractivity contribution is 5.74. The first kappa shape index (κ1) is 23.8. The maximum atomic E-state index is 13.1. The Balaban J connectivity index is 1.77. The summed E-state index contributed by atoms with van der Waals surface area (Å²) in [5.41, 5.74) is 1.47. The molecule has 0 saturated carbocycles. The van der Waals surface area contributed by atoms with Gasteiger partial charge in [-0.2, -0.15) is 13.2 Å². The molecule has 6 nitrogen and oxygen atoms in total. The molecule has 174 valence electrons. The van der Waals surface area contributed by atoms with E-state index in [0.29, 0.717) is 50.5 Å². The first-order valence-corrected chi connectivity index (χ1v) is 11.0. The minimum Gasteiger partial charge on any atom is -0.353 e. The van der Waals surface area contributed by atoms with Crippen LogP contribution in [0.1, 0.15) is 48.0 Å². The Labute approximate surface area is 186 Å². The van der Waals surface area contributed by atoms with Crippen LogP contribution in [0.3, 0.4) is 0 Å². The van der Waals surface area contributed by atoms with Crippen LogP contribution in [0, 0.1) is 13.8 Å². The number of hydrogen-bond donors (Lipinski definition) is 1. The Morgan fingerprint density at radius 2 is 1.84 bits per heavy atom. The van der Waals surface area contributed by atoms with Crippen LogP contribution >= 0.6 is 0 Å². The van der Waals surface area contributed by atoms with Gasteiger partial charge in [-0.3, -0.25) is 0 Å². The zero-order valence-corrected chi connectivity index (χ0v) is 18.8. The molecule has 0 atom stereocenters. The van der Waals surface area contributed by atoms with E-state index in [1.807, 2.05) is 13.8 Å². The lowest BCUT2D eigenvalue weighted by Crippen LogP contribution is -2.52. The summed E-state index contributed by atoms with van der Waals surface area (Å²) in [6.45, 7) is 8.74. The van der Waals surface area contributed by atoms with E-state index in [2.05, 4.69) is 27.1 Å². The van der Waals surface area contributed by atoms with Crippen LogP contribution in [0.5, 0.6) is 0 Å². The van der Waals surface area contributed by atoms with Crippen LogP contribution in [-0.4, -0.2) is 53.6 Å². The molecule has 1 fully saturated rings. The second-order valence-electron chi connectivity index (χ2n) is 8.09. The Bertz CT molecular complexity index is 940.